The molecule has 0 N–H and O–H groups in total. The number of nitrogens with zero attached hydrogens (tertiary/aromatic N) is 1. The molecule has 0 heterocycles. The van der Waals surface area contributed by atoms with Crippen LogP contribution in [0.1, 0.15) is 0 Å². The summed E-state index contributed by atoms with van der Waals surface area (Å²) >= 11 is 3.24. The van der Waals surface area contributed by atoms with Crippen molar-refractivity contribution in [2.75, 3.05) is 11.9 Å². The van der Waals surface area contributed by atoms with E-state index in [-0.39, 0.29) is 5.82 Å². The molecule has 0 aliphatic carbocycles. The molecule has 2 rings (SSSR count). The first kappa shape index (κ1) is 11.1. The van der Waals surface area contributed by atoms with E-state index >= 15 is 0 Å². The summed E-state index contributed by atoms with van der Waals surface area (Å²) in [6, 6.07) is 14.8. The van der Waals surface area contributed by atoms with E-state index in [1.807, 2.05) is 48.3 Å². The van der Waals surface area contributed by atoms with Crippen molar-refractivity contribution in [3.63, 3.8) is 0 Å². The van der Waals surface area contributed by atoms with Crippen LogP contribution in [0.15, 0.2) is 53.0 Å². The highest BCUT2D eigenvalue weighted by Gasteiger charge is 2.08. The van der Waals surface area contributed by atoms with E-state index in [1.54, 1.807) is 6.07 Å². The van der Waals surface area contributed by atoms with Gasteiger partial charge in [0.25, 0.3) is 0 Å². The fourth-order valence-corrected chi connectivity index (χ4v) is 1.88. The Morgan fingerprint density at radius 1 is 1.06 bits per heavy atom. The summed E-state index contributed by atoms with van der Waals surface area (Å²) in [4.78, 5) is 1.82. The number of rotatable bonds is 2. The molecule has 0 amide bonds. The highest BCUT2D eigenvalue weighted by molar-refractivity contribution is 9.10. The zero-order valence-corrected chi connectivity index (χ0v) is 10.4. The third-order valence-electron chi connectivity index (χ3n) is 2.41. The zero-order chi connectivity index (χ0) is 11.5. The number of anilines is 2. The number of halogens is 2. The molecule has 0 unspecified atom stereocenters. The summed E-state index contributed by atoms with van der Waals surface area (Å²) < 4.78 is 14.5. The van der Waals surface area contributed by atoms with Gasteiger partial charge in [-0.1, -0.05) is 34.1 Å². The molecule has 0 aromatic heterocycles. The minimum absolute atomic E-state index is 0.235. The number of hydrogen-bond acceptors (Lipinski definition) is 1. The fourth-order valence-electron chi connectivity index (χ4n) is 1.54. The molecule has 0 fully saturated rings. The van der Waals surface area contributed by atoms with Gasteiger partial charge >= 0.3 is 0 Å². The van der Waals surface area contributed by atoms with Crippen molar-refractivity contribution in [1.29, 1.82) is 0 Å². The molecule has 1 nitrogen and oxygen atoms in total. The fraction of sp³-hybridized carbons (Fsp3) is 0.0769. The van der Waals surface area contributed by atoms with Crippen molar-refractivity contribution in [2.45, 2.75) is 0 Å². The summed E-state index contributed by atoms with van der Waals surface area (Å²) in [5, 5.41) is 0. The summed E-state index contributed by atoms with van der Waals surface area (Å²) in [5.74, 6) is -0.235. The Balaban J connectivity index is 2.38. The minimum Gasteiger partial charge on any atom is -0.342 e. The number of benzene rings is 2. The quantitative estimate of drug-likeness (QED) is 0.790. The van der Waals surface area contributed by atoms with Gasteiger partial charge < -0.3 is 4.90 Å². The Kier molecular flexibility index (Phi) is 3.25. The van der Waals surface area contributed by atoms with E-state index in [4.69, 9.17) is 0 Å². The third kappa shape index (κ3) is 2.25. The number of para-hydroxylation sites is 1. The van der Waals surface area contributed by atoms with Crippen molar-refractivity contribution in [2.24, 2.45) is 0 Å². The topological polar surface area (TPSA) is 3.24 Å². The van der Waals surface area contributed by atoms with Crippen LogP contribution in [0.4, 0.5) is 15.8 Å². The first-order valence-electron chi connectivity index (χ1n) is 4.92. The summed E-state index contributed by atoms with van der Waals surface area (Å²) in [6.45, 7) is 0. The maximum Gasteiger partial charge on any atom is 0.147 e. The van der Waals surface area contributed by atoms with Crippen molar-refractivity contribution < 1.29 is 4.39 Å². The molecule has 0 radical (unpaired) electrons. The van der Waals surface area contributed by atoms with Gasteiger partial charge in [-0.05, 0) is 30.3 Å². The van der Waals surface area contributed by atoms with E-state index in [1.165, 1.54) is 6.07 Å². The first-order chi connectivity index (χ1) is 7.68. The molecule has 2 aromatic carbocycles. The Hall–Kier alpha value is -1.35. The summed E-state index contributed by atoms with van der Waals surface area (Å²) in [7, 11) is 1.85. The second kappa shape index (κ2) is 4.66. The highest BCUT2D eigenvalue weighted by Crippen LogP contribution is 2.27. The summed E-state index contributed by atoms with van der Waals surface area (Å²) in [6.07, 6.45) is 0. The average Bonchev–Trinajstić information content (AvgIpc) is 2.29. The molecule has 0 aliphatic heterocycles. The van der Waals surface area contributed by atoms with Gasteiger partial charge in [-0.15, -0.1) is 0 Å². The standard InChI is InChI=1S/C13H11BrFN/c1-16(11-5-3-2-4-6-11)13-8-7-10(14)9-12(13)15/h2-9H,1H3. The minimum atomic E-state index is -0.235. The molecule has 0 aliphatic rings. The van der Waals surface area contributed by atoms with Crippen LogP contribution in [-0.2, 0) is 0 Å². The zero-order valence-electron chi connectivity index (χ0n) is 8.82. The Morgan fingerprint density at radius 3 is 2.38 bits per heavy atom. The van der Waals surface area contributed by atoms with Gasteiger partial charge in [-0.3, -0.25) is 0 Å². The van der Waals surface area contributed by atoms with Crippen LogP contribution >= 0.6 is 15.9 Å². The average molecular weight is 280 g/mol. The van der Waals surface area contributed by atoms with Crippen LogP contribution in [0.5, 0.6) is 0 Å². The lowest BCUT2D eigenvalue weighted by Crippen LogP contribution is -2.10. The molecule has 2 aromatic rings. The summed E-state index contributed by atoms with van der Waals surface area (Å²) in [5.41, 5.74) is 1.53. The van der Waals surface area contributed by atoms with Gasteiger partial charge in [0.2, 0.25) is 0 Å². The largest absolute Gasteiger partial charge is 0.342 e. The SMILES string of the molecule is CN(c1ccccc1)c1ccc(Br)cc1F. The van der Waals surface area contributed by atoms with Gasteiger partial charge in [-0.25, -0.2) is 4.39 Å². The second-order valence-electron chi connectivity index (χ2n) is 3.49. The van der Waals surface area contributed by atoms with E-state index < -0.39 is 0 Å². The number of hydrogen-bond donors (Lipinski definition) is 0. The van der Waals surface area contributed by atoms with Crippen LogP contribution in [0, 0.1) is 5.82 Å². The normalized spacial score (nSPS) is 10.2. The first-order valence-corrected chi connectivity index (χ1v) is 5.71. The van der Waals surface area contributed by atoms with Crippen molar-refractivity contribution in [1.82, 2.24) is 0 Å². The van der Waals surface area contributed by atoms with Crippen LogP contribution in [0.25, 0.3) is 0 Å². The molecule has 82 valence electrons. The monoisotopic (exact) mass is 279 g/mol. The van der Waals surface area contributed by atoms with Crippen LogP contribution in [0.2, 0.25) is 0 Å². The van der Waals surface area contributed by atoms with Crippen LogP contribution < -0.4 is 4.90 Å². The van der Waals surface area contributed by atoms with Crippen LogP contribution in [0.3, 0.4) is 0 Å². The van der Waals surface area contributed by atoms with Gasteiger partial charge in [0, 0.05) is 17.2 Å². The Labute approximate surface area is 103 Å². The van der Waals surface area contributed by atoms with Gasteiger partial charge in [0.1, 0.15) is 5.82 Å². The molecule has 0 spiro atoms. The molecule has 0 atom stereocenters. The van der Waals surface area contributed by atoms with Gasteiger partial charge in [-0.2, -0.15) is 0 Å². The molecule has 0 bridgehead atoms. The lowest BCUT2D eigenvalue weighted by Gasteiger charge is -2.20. The molecule has 3 heteroatoms. The van der Waals surface area contributed by atoms with Crippen molar-refractivity contribution in [3.05, 3.63) is 58.8 Å². The molecule has 16 heavy (non-hydrogen) atoms. The molecule has 0 saturated heterocycles. The molecular weight excluding hydrogens is 269 g/mol. The van der Waals surface area contributed by atoms with Crippen molar-refractivity contribution in [3.8, 4) is 0 Å². The Bertz CT molecular complexity index is 485. The molecule has 0 saturated carbocycles. The van der Waals surface area contributed by atoms with Gasteiger partial charge in [0.05, 0.1) is 5.69 Å². The lowest BCUT2D eigenvalue weighted by atomic mass is 10.2. The Morgan fingerprint density at radius 2 is 1.75 bits per heavy atom. The third-order valence-corrected chi connectivity index (χ3v) is 2.91. The van der Waals surface area contributed by atoms with Gasteiger partial charge in [0.15, 0.2) is 0 Å². The van der Waals surface area contributed by atoms with E-state index in [0.29, 0.717) is 5.69 Å². The predicted octanol–water partition coefficient (Wildman–Crippen LogP) is 4.36. The predicted molar refractivity (Wildman–Crippen MR) is 68.6 cm³/mol. The van der Waals surface area contributed by atoms with E-state index in [2.05, 4.69) is 15.9 Å². The highest BCUT2D eigenvalue weighted by atomic mass is 79.9. The maximum absolute atomic E-state index is 13.7. The van der Waals surface area contributed by atoms with Crippen LogP contribution in [-0.4, -0.2) is 7.05 Å². The van der Waals surface area contributed by atoms with Crippen molar-refractivity contribution >= 4 is 27.3 Å². The van der Waals surface area contributed by atoms with E-state index in [9.17, 15) is 4.39 Å². The smallest absolute Gasteiger partial charge is 0.147 e. The second-order valence-corrected chi connectivity index (χ2v) is 4.41. The maximum atomic E-state index is 13.7. The lowest BCUT2D eigenvalue weighted by molar-refractivity contribution is 0.627. The van der Waals surface area contributed by atoms with E-state index in [0.717, 1.165) is 10.2 Å². The molecular formula is C13H11BrFN.